The molecule has 2 heterocycles. The van der Waals surface area contributed by atoms with E-state index in [1.165, 1.54) is 11.3 Å². The van der Waals surface area contributed by atoms with E-state index in [1.54, 1.807) is 13.8 Å². The second-order valence-electron chi connectivity index (χ2n) is 6.95. The summed E-state index contributed by atoms with van der Waals surface area (Å²) in [5.41, 5.74) is 10.3. The zero-order valence-electron chi connectivity index (χ0n) is 17.6. The largest absolute Gasteiger partial charge is 0.454 e. The van der Waals surface area contributed by atoms with Crippen molar-refractivity contribution in [3.63, 3.8) is 0 Å². The van der Waals surface area contributed by atoms with Gasteiger partial charge in [0.1, 0.15) is 5.71 Å². The Balaban J connectivity index is 1.81. The van der Waals surface area contributed by atoms with Gasteiger partial charge in [-0.2, -0.15) is 5.10 Å². The molecule has 1 aliphatic rings. The maximum atomic E-state index is 11.8. The lowest BCUT2D eigenvalue weighted by Crippen LogP contribution is -2.36. The van der Waals surface area contributed by atoms with Gasteiger partial charge < -0.3 is 25.8 Å². The zero-order valence-corrected chi connectivity index (χ0v) is 20.0. The quantitative estimate of drug-likeness (QED) is 0.275. The number of nitrogens with one attached hydrogen (secondary N) is 3. The summed E-state index contributed by atoms with van der Waals surface area (Å²) in [4.78, 5) is 17.1. The molecule has 9 nitrogen and oxygen atoms in total. The average molecular weight is 491 g/mol. The predicted molar refractivity (Wildman–Crippen MR) is 134 cm³/mol. The maximum absolute atomic E-state index is 11.8. The Labute approximate surface area is 200 Å². The minimum absolute atomic E-state index is 0.0390. The van der Waals surface area contributed by atoms with E-state index >= 15 is 0 Å². The minimum atomic E-state index is -0.186. The number of fused-ring (bicyclic) bond motifs is 1. The molecule has 0 spiro atoms. The van der Waals surface area contributed by atoms with Crippen LogP contribution >= 0.6 is 35.8 Å². The van der Waals surface area contributed by atoms with Crippen LogP contribution in [0.4, 0.5) is 5.13 Å². The lowest BCUT2D eigenvalue weighted by molar-refractivity contribution is -0.122. The number of nitrogens with zero attached hydrogens (tertiary/aromatic N) is 2. The highest BCUT2D eigenvalue weighted by Crippen LogP contribution is 2.33. The van der Waals surface area contributed by atoms with Crippen LogP contribution in [0.15, 0.2) is 29.4 Å². The number of allylic oxidation sites excluding steroid dienone is 1. The Morgan fingerprint density at radius 3 is 2.78 bits per heavy atom. The van der Waals surface area contributed by atoms with Crippen LogP contribution in [0.2, 0.25) is 0 Å². The fourth-order valence-corrected chi connectivity index (χ4v) is 3.79. The van der Waals surface area contributed by atoms with Gasteiger partial charge >= 0.3 is 0 Å². The number of amides is 1. The van der Waals surface area contributed by atoms with E-state index in [2.05, 4.69) is 26.1 Å². The number of carbonyl (C=O) groups is 1. The van der Waals surface area contributed by atoms with Crippen molar-refractivity contribution in [3.8, 4) is 11.5 Å². The number of hydrogen-bond donors (Lipinski definition) is 4. The first kappa shape index (κ1) is 23.6. The number of carbonyl (C=O) groups excluding carboxylic acids is 1. The van der Waals surface area contributed by atoms with E-state index in [1.807, 2.05) is 37.3 Å². The van der Waals surface area contributed by atoms with E-state index in [4.69, 9.17) is 39.6 Å². The predicted octanol–water partition coefficient (Wildman–Crippen LogP) is 2.90. The molecule has 0 saturated carbocycles. The van der Waals surface area contributed by atoms with Crippen LogP contribution in [0.1, 0.15) is 30.0 Å². The number of thiocarbonyl (C=S) groups is 2. The van der Waals surface area contributed by atoms with Crippen molar-refractivity contribution in [2.45, 2.75) is 20.8 Å². The maximum Gasteiger partial charge on any atom is 0.231 e. The van der Waals surface area contributed by atoms with E-state index < -0.39 is 0 Å². The molecule has 0 unspecified atom stereocenters. The number of aromatic nitrogens is 1. The van der Waals surface area contributed by atoms with Gasteiger partial charge in [-0.05, 0) is 55.1 Å². The SMILES string of the molecule is Cc1nc(NC(=S)NC(=O)C(C)C)sc1C(C=Cc1ccc2c(c1)OCO2)=NNC(N)=S. The summed E-state index contributed by atoms with van der Waals surface area (Å²) in [7, 11) is 0. The number of nitrogens with two attached hydrogens (primary N) is 1. The fourth-order valence-electron chi connectivity index (χ4n) is 2.54. The van der Waals surface area contributed by atoms with Crippen LogP contribution in [-0.2, 0) is 4.79 Å². The number of aryl methyl sites for hydroxylation is 1. The number of thiazole rings is 1. The van der Waals surface area contributed by atoms with Gasteiger partial charge in [-0.25, -0.2) is 4.98 Å². The molecule has 1 aliphatic heterocycles. The molecule has 0 aliphatic carbocycles. The Morgan fingerprint density at radius 2 is 2.06 bits per heavy atom. The van der Waals surface area contributed by atoms with E-state index in [-0.39, 0.29) is 28.8 Å². The number of rotatable bonds is 6. The number of ether oxygens (including phenoxy) is 2. The van der Waals surface area contributed by atoms with Crippen LogP contribution in [0.25, 0.3) is 6.08 Å². The third-order valence-corrected chi connectivity index (χ3v) is 5.52. The Morgan fingerprint density at radius 1 is 1.31 bits per heavy atom. The van der Waals surface area contributed by atoms with Crippen molar-refractivity contribution in [2.75, 3.05) is 12.1 Å². The molecule has 1 aromatic heterocycles. The first-order chi connectivity index (χ1) is 15.2. The summed E-state index contributed by atoms with van der Waals surface area (Å²) in [6.45, 7) is 5.63. The zero-order chi connectivity index (χ0) is 23.3. The summed E-state index contributed by atoms with van der Waals surface area (Å²) in [5.74, 6) is 1.03. The highest BCUT2D eigenvalue weighted by molar-refractivity contribution is 7.80. The first-order valence-electron chi connectivity index (χ1n) is 9.53. The van der Waals surface area contributed by atoms with Crippen molar-refractivity contribution >= 4 is 68.8 Å². The number of hydrazone groups is 1. The highest BCUT2D eigenvalue weighted by atomic mass is 32.1. The molecule has 0 fully saturated rings. The molecule has 0 bridgehead atoms. The standard InChI is InChI=1S/C20H22N6O3S3/c1-10(2)17(27)23-19(31)24-20-22-11(3)16(32-20)13(25-26-18(21)30)6-4-12-5-7-14-15(8-12)29-9-28-14/h4-8,10H,9H2,1-3H3,(H3,21,26,30)(H2,22,23,24,27,31). The van der Waals surface area contributed by atoms with Crippen molar-refractivity contribution in [1.29, 1.82) is 0 Å². The Hall–Kier alpha value is -3.09. The summed E-state index contributed by atoms with van der Waals surface area (Å²) in [6.07, 6.45) is 3.69. The second-order valence-corrected chi connectivity index (χ2v) is 8.80. The molecular formula is C20H22N6O3S3. The molecule has 1 amide bonds. The lowest BCUT2D eigenvalue weighted by Gasteiger charge is -2.08. The lowest BCUT2D eigenvalue weighted by atomic mass is 10.1. The van der Waals surface area contributed by atoms with Crippen LogP contribution in [0, 0.1) is 12.8 Å². The molecular weight excluding hydrogens is 468 g/mol. The molecule has 0 atom stereocenters. The van der Waals surface area contributed by atoms with Crippen LogP contribution in [0.5, 0.6) is 11.5 Å². The molecule has 0 radical (unpaired) electrons. The molecule has 1 aromatic carbocycles. The molecule has 2 aromatic rings. The van der Waals surface area contributed by atoms with Gasteiger partial charge in [0, 0.05) is 5.92 Å². The minimum Gasteiger partial charge on any atom is -0.454 e. The monoisotopic (exact) mass is 490 g/mol. The number of anilines is 1. The van der Waals surface area contributed by atoms with Gasteiger partial charge in [0.2, 0.25) is 12.7 Å². The third kappa shape index (κ3) is 6.22. The van der Waals surface area contributed by atoms with Gasteiger partial charge in [-0.1, -0.05) is 37.3 Å². The van der Waals surface area contributed by atoms with E-state index in [0.29, 0.717) is 28.0 Å². The number of hydrogen-bond acceptors (Lipinski definition) is 8. The van der Waals surface area contributed by atoms with Crippen molar-refractivity contribution in [1.82, 2.24) is 15.7 Å². The molecule has 32 heavy (non-hydrogen) atoms. The Kier molecular flexibility index (Phi) is 7.72. The topological polar surface area (TPSA) is 123 Å². The molecule has 168 valence electrons. The highest BCUT2D eigenvalue weighted by Gasteiger charge is 2.16. The fraction of sp³-hybridized carbons (Fsp3) is 0.250. The van der Waals surface area contributed by atoms with Gasteiger partial charge in [0.25, 0.3) is 0 Å². The van der Waals surface area contributed by atoms with Gasteiger partial charge in [-0.3, -0.25) is 10.2 Å². The normalized spacial score (nSPS) is 12.8. The molecule has 0 saturated heterocycles. The number of benzene rings is 1. The van der Waals surface area contributed by atoms with E-state index in [0.717, 1.165) is 10.4 Å². The summed E-state index contributed by atoms with van der Waals surface area (Å²) < 4.78 is 10.8. The van der Waals surface area contributed by atoms with Crippen LogP contribution in [0.3, 0.4) is 0 Å². The van der Waals surface area contributed by atoms with Gasteiger partial charge in [0.15, 0.2) is 26.9 Å². The first-order valence-corrected chi connectivity index (χ1v) is 11.2. The Bertz CT molecular complexity index is 1110. The van der Waals surface area contributed by atoms with Gasteiger partial charge in [-0.15, -0.1) is 0 Å². The summed E-state index contributed by atoms with van der Waals surface area (Å²) >= 11 is 11.4. The molecule has 12 heteroatoms. The van der Waals surface area contributed by atoms with Crippen molar-refractivity contribution in [2.24, 2.45) is 16.8 Å². The molecule has 3 rings (SSSR count). The van der Waals surface area contributed by atoms with Crippen molar-refractivity contribution in [3.05, 3.63) is 40.4 Å². The van der Waals surface area contributed by atoms with Crippen LogP contribution in [-0.4, -0.2) is 33.6 Å². The van der Waals surface area contributed by atoms with Crippen LogP contribution < -0.4 is 31.3 Å². The van der Waals surface area contributed by atoms with Gasteiger partial charge in [0.05, 0.1) is 10.6 Å². The summed E-state index contributed by atoms with van der Waals surface area (Å²) in [5, 5.41) is 10.6. The van der Waals surface area contributed by atoms with E-state index in [9.17, 15) is 4.79 Å². The molecule has 5 N–H and O–H groups in total. The van der Waals surface area contributed by atoms with Crippen molar-refractivity contribution < 1.29 is 14.3 Å². The second kappa shape index (κ2) is 10.5. The summed E-state index contributed by atoms with van der Waals surface area (Å²) in [6, 6.07) is 5.63. The smallest absolute Gasteiger partial charge is 0.231 e. The third-order valence-electron chi connectivity index (χ3n) is 4.13. The average Bonchev–Trinajstić information content (AvgIpc) is 3.33.